The number of carbonyl (C=O) groups excluding carboxylic acids is 4. The summed E-state index contributed by atoms with van der Waals surface area (Å²) in [5.74, 6) is -1.04. The zero-order chi connectivity index (χ0) is 25.6. The van der Waals surface area contributed by atoms with Crippen molar-refractivity contribution in [3.63, 3.8) is 0 Å². The summed E-state index contributed by atoms with van der Waals surface area (Å²) < 4.78 is 5.61. The summed E-state index contributed by atoms with van der Waals surface area (Å²) >= 11 is 0. The molecule has 0 saturated heterocycles. The van der Waals surface area contributed by atoms with E-state index in [1.807, 2.05) is 13.8 Å². The van der Waals surface area contributed by atoms with Crippen LogP contribution < -0.4 is 16.1 Å². The molecule has 1 aromatic carbocycles. The molecule has 2 rings (SSSR count). The van der Waals surface area contributed by atoms with Gasteiger partial charge in [0.1, 0.15) is 12.1 Å². The molecule has 1 aliphatic carbocycles. The van der Waals surface area contributed by atoms with E-state index in [2.05, 4.69) is 10.6 Å². The highest BCUT2D eigenvalue weighted by Gasteiger charge is 2.27. The maximum atomic E-state index is 12.8. The third-order valence-electron chi connectivity index (χ3n) is 6.00. The SMILES string of the molecule is CC(C)C[C@H](NC(=O)c1ccc(NC(=O)CCCCCCC(=O)NO)cc1)C(=O)OC1CCCC1. The molecule has 0 aliphatic heterocycles. The number of nitrogens with one attached hydrogen (secondary N) is 3. The first kappa shape index (κ1) is 28.3. The fourth-order valence-electron chi connectivity index (χ4n) is 4.09. The Morgan fingerprint density at radius 2 is 1.54 bits per heavy atom. The minimum absolute atomic E-state index is 0.0512. The van der Waals surface area contributed by atoms with E-state index in [1.54, 1.807) is 29.7 Å². The van der Waals surface area contributed by atoms with Crippen LogP contribution in [-0.4, -0.2) is 41.0 Å². The van der Waals surface area contributed by atoms with Gasteiger partial charge in [-0.25, -0.2) is 10.3 Å². The molecule has 1 aliphatic rings. The van der Waals surface area contributed by atoms with Crippen molar-refractivity contribution in [2.45, 2.75) is 96.6 Å². The van der Waals surface area contributed by atoms with Gasteiger partial charge >= 0.3 is 5.97 Å². The summed E-state index contributed by atoms with van der Waals surface area (Å²) in [6.45, 7) is 3.99. The van der Waals surface area contributed by atoms with E-state index in [0.717, 1.165) is 38.5 Å². The molecule has 9 heteroatoms. The summed E-state index contributed by atoms with van der Waals surface area (Å²) in [6, 6.07) is 5.86. The van der Waals surface area contributed by atoms with Crippen LogP contribution in [0.2, 0.25) is 0 Å². The highest BCUT2D eigenvalue weighted by molar-refractivity contribution is 5.97. The number of unbranched alkanes of at least 4 members (excludes halogenated alkanes) is 3. The Morgan fingerprint density at radius 1 is 0.943 bits per heavy atom. The molecule has 1 atom stereocenters. The van der Waals surface area contributed by atoms with Crippen LogP contribution in [0.25, 0.3) is 0 Å². The first-order valence-electron chi connectivity index (χ1n) is 12.6. The van der Waals surface area contributed by atoms with Crippen LogP contribution in [0.4, 0.5) is 5.69 Å². The highest BCUT2D eigenvalue weighted by Crippen LogP contribution is 2.22. The third kappa shape index (κ3) is 10.9. The molecule has 0 radical (unpaired) electrons. The lowest BCUT2D eigenvalue weighted by molar-refractivity contribution is -0.151. The van der Waals surface area contributed by atoms with Crippen molar-refractivity contribution in [3.05, 3.63) is 29.8 Å². The van der Waals surface area contributed by atoms with Crippen LogP contribution in [0.3, 0.4) is 0 Å². The van der Waals surface area contributed by atoms with E-state index >= 15 is 0 Å². The zero-order valence-corrected chi connectivity index (χ0v) is 20.8. The first-order valence-corrected chi connectivity index (χ1v) is 12.6. The Bertz CT molecular complexity index is 834. The molecule has 3 amide bonds. The van der Waals surface area contributed by atoms with Gasteiger partial charge in [0.15, 0.2) is 0 Å². The zero-order valence-electron chi connectivity index (χ0n) is 20.8. The number of ether oxygens (including phenoxy) is 1. The Morgan fingerprint density at radius 3 is 2.11 bits per heavy atom. The molecule has 0 spiro atoms. The average molecular weight is 490 g/mol. The molecule has 0 aromatic heterocycles. The van der Waals surface area contributed by atoms with Crippen molar-refractivity contribution >= 4 is 29.4 Å². The molecule has 1 saturated carbocycles. The predicted molar refractivity (Wildman–Crippen MR) is 132 cm³/mol. The molecule has 35 heavy (non-hydrogen) atoms. The number of anilines is 1. The second kappa shape index (κ2) is 15.1. The molecule has 0 bridgehead atoms. The molecule has 9 nitrogen and oxygen atoms in total. The van der Waals surface area contributed by atoms with Crippen molar-refractivity contribution < 1.29 is 29.1 Å². The first-order chi connectivity index (χ1) is 16.8. The number of amides is 3. The molecular formula is C26H39N3O6. The smallest absolute Gasteiger partial charge is 0.328 e. The number of rotatable bonds is 14. The molecular weight excluding hydrogens is 450 g/mol. The second-order valence-corrected chi connectivity index (χ2v) is 9.57. The molecule has 4 N–H and O–H groups in total. The minimum atomic E-state index is -0.694. The fraction of sp³-hybridized carbons (Fsp3) is 0.615. The second-order valence-electron chi connectivity index (χ2n) is 9.57. The predicted octanol–water partition coefficient (Wildman–Crippen LogP) is 4.10. The fourth-order valence-corrected chi connectivity index (χ4v) is 4.09. The van der Waals surface area contributed by atoms with Crippen LogP contribution in [0.1, 0.15) is 94.8 Å². The normalized spacial score (nSPS) is 14.4. The van der Waals surface area contributed by atoms with Crippen molar-refractivity contribution in [2.24, 2.45) is 5.92 Å². The van der Waals surface area contributed by atoms with Crippen LogP contribution in [-0.2, 0) is 19.1 Å². The molecule has 1 fully saturated rings. The van der Waals surface area contributed by atoms with Gasteiger partial charge in [-0.1, -0.05) is 26.7 Å². The lowest BCUT2D eigenvalue weighted by atomic mass is 10.0. The van der Waals surface area contributed by atoms with Crippen molar-refractivity contribution in [1.29, 1.82) is 0 Å². The Balaban J connectivity index is 1.78. The Hall–Kier alpha value is -2.94. The monoisotopic (exact) mass is 489 g/mol. The van der Waals surface area contributed by atoms with Gasteiger partial charge in [0, 0.05) is 24.1 Å². The topological polar surface area (TPSA) is 134 Å². The van der Waals surface area contributed by atoms with Gasteiger partial charge < -0.3 is 15.4 Å². The molecule has 1 aromatic rings. The number of hydroxylamine groups is 1. The maximum absolute atomic E-state index is 12.8. The number of hydrogen-bond acceptors (Lipinski definition) is 6. The minimum Gasteiger partial charge on any atom is -0.461 e. The van der Waals surface area contributed by atoms with Gasteiger partial charge in [-0.05, 0) is 75.1 Å². The van der Waals surface area contributed by atoms with Gasteiger partial charge in [-0.2, -0.15) is 0 Å². The van der Waals surface area contributed by atoms with E-state index in [0.29, 0.717) is 36.9 Å². The number of hydrogen-bond donors (Lipinski definition) is 4. The number of benzene rings is 1. The Kier molecular flexibility index (Phi) is 12.2. The summed E-state index contributed by atoms with van der Waals surface area (Å²) in [4.78, 5) is 48.5. The summed E-state index contributed by atoms with van der Waals surface area (Å²) in [5, 5.41) is 14.1. The van der Waals surface area contributed by atoms with E-state index < -0.39 is 11.9 Å². The van der Waals surface area contributed by atoms with Crippen LogP contribution >= 0.6 is 0 Å². The van der Waals surface area contributed by atoms with E-state index in [-0.39, 0.29) is 36.2 Å². The summed E-state index contributed by atoms with van der Waals surface area (Å²) in [6.07, 6.45) is 7.93. The third-order valence-corrected chi connectivity index (χ3v) is 6.00. The molecule has 0 unspecified atom stereocenters. The standard InChI is InChI=1S/C26H39N3O6/c1-18(2)17-22(26(33)35-21-9-7-8-10-21)28-25(32)19-13-15-20(16-14-19)27-23(30)11-5-3-4-6-12-24(31)29-34/h13-16,18,21-22,34H,3-12,17H2,1-2H3,(H,27,30)(H,28,32)(H,29,31)/t22-/m0/s1. The Labute approximate surface area is 207 Å². The van der Waals surface area contributed by atoms with Gasteiger partial charge in [-0.3, -0.25) is 19.6 Å². The average Bonchev–Trinajstić information content (AvgIpc) is 3.33. The van der Waals surface area contributed by atoms with Gasteiger partial charge in [0.25, 0.3) is 5.91 Å². The maximum Gasteiger partial charge on any atom is 0.328 e. The quantitative estimate of drug-likeness (QED) is 0.135. The van der Waals surface area contributed by atoms with Gasteiger partial charge in [0.2, 0.25) is 11.8 Å². The van der Waals surface area contributed by atoms with Crippen molar-refractivity contribution in [2.75, 3.05) is 5.32 Å². The number of carbonyl (C=O) groups is 4. The lowest BCUT2D eigenvalue weighted by Gasteiger charge is -2.21. The highest BCUT2D eigenvalue weighted by atomic mass is 16.5. The van der Waals surface area contributed by atoms with Crippen LogP contribution in [0.5, 0.6) is 0 Å². The number of esters is 1. The lowest BCUT2D eigenvalue weighted by Crippen LogP contribution is -2.43. The van der Waals surface area contributed by atoms with Crippen LogP contribution in [0.15, 0.2) is 24.3 Å². The van der Waals surface area contributed by atoms with E-state index in [4.69, 9.17) is 9.94 Å². The van der Waals surface area contributed by atoms with Gasteiger partial charge in [0.05, 0.1) is 0 Å². The summed E-state index contributed by atoms with van der Waals surface area (Å²) in [7, 11) is 0. The van der Waals surface area contributed by atoms with Crippen molar-refractivity contribution in [1.82, 2.24) is 10.8 Å². The van der Waals surface area contributed by atoms with Crippen molar-refractivity contribution in [3.8, 4) is 0 Å². The van der Waals surface area contributed by atoms with E-state index in [1.165, 1.54) is 0 Å². The molecule has 194 valence electrons. The van der Waals surface area contributed by atoms with Gasteiger partial charge in [-0.15, -0.1) is 0 Å². The largest absolute Gasteiger partial charge is 0.461 e. The summed E-state index contributed by atoms with van der Waals surface area (Å²) in [5.41, 5.74) is 2.59. The van der Waals surface area contributed by atoms with Crippen LogP contribution in [0, 0.1) is 5.92 Å². The molecule has 0 heterocycles. The van der Waals surface area contributed by atoms with E-state index in [9.17, 15) is 19.2 Å².